The first-order valence-electron chi connectivity index (χ1n) is 4.38. The number of thiophene rings is 1. The molecule has 0 saturated heterocycles. The Kier molecular flexibility index (Phi) is 2.43. The van der Waals surface area contributed by atoms with Crippen LogP contribution < -0.4 is 0 Å². The molecule has 0 atom stereocenters. The maximum absolute atomic E-state index is 5.22. The van der Waals surface area contributed by atoms with Crippen molar-refractivity contribution >= 4 is 34.9 Å². The Morgan fingerprint density at radius 3 is 3.00 bits per heavy atom. The van der Waals surface area contributed by atoms with Gasteiger partial charge in [-0.15, -0.1) is 27.8 Å². The van der Waals surface area contributed by atoms with Gasteiger partial charge in [-0.05, 0) is 23.7 Å². The number of nitrogens with one attached hydrogen (secondary N) is 1. The van der Waals surface area contributed by atoms with Crippen molar-refractivity contribution in [2.75, 3.05) is 0 Å². The molecule has 1 N–H and O–H groups in total. The normalized spacial score (nSPS) is 10.8. The van der Waals surface area contributed by atoms with Crippen molar-refractivity contribution in [3.63, 3.8) is 0 Å². The lowest BCUT2D eigenvalue weighted by Gasteiger charge is -1.85. The van der Waals surface area contributed by atoms with Crippen molar-refractivity contribution in [3.05, 3.63) is 28.5 Å². The zero-order chi connectivity index (χ0) is 11.0. The minimum Gasteiger partial charge on any atom is -0.408 e. The zero-order valence-corrected chi connectivity index (χ0v) is 10.3. The summed E-state index contributed by atoms with van der Waals surface area (Å²) in [7, 11) is 0. The van der Waals surface area contributed by atoms with Crippen LogP contribution in [0.25, 0.3) is 20.7 Å². The maximum Gasteiger partial charge on any atom is 0.284 e. The van der Waals surface area contributed by atoms with E-state index in [1.807, 2.05) is 17.5 Å². The molecule has 0 aliphatic rings. The van der Waals surface area contributed by atoms with Gasteiger partial charge in [0, 0.05) is 0 Å². The zero-order valence-electron chi connectivity index (χ0n) is 7.84. The molecule has 0 spiro atoms. The first-order chi connectivity index (χ1) is 7.83. The predicted molar refractivity (Wildman–Crippen MR) is 66.1 cm³/mol. The first kappa shape index (κ1) is 9.88. The Balaban J connectivity index is 2.03. The summed E-state index contributed by atoms with van der Waals surface area (Å²) in [6, 6.07) is 4.04. The summed E-state index contributed by atoms with van der Waals surface area (Å²) in [5.74, 6) is 0.491. The molecule has 4 nitrogen and oxygen atoms in total. The minimum absolute atomic E-state index is 0.279. The molecule has 7 heteroatoms. The average molecular weight is 267 g/mol. The van der Waals surface area contributed by atoms with Gasteiger partial charge in [0.1, 0.15) is 9.88 Å². The molecule has 0 radical (unpaired) electrons. The minimum atomic E-state index is 0.279. The van der Waals surface area contributed by atoms with Crippen LogP contribution in [0.2, 0.25) is 0 Å². The Morgan fingerprint density at radius 2 is 2.31 bits per heavy atom. The van der Waals surface area contributed by atoms with E-state index < -0.39 is 0 Å². The summed E-state index contributed by atoms with van der Waals surface area (Å²) in [6.45, 7) is 0. The number of nitrogens with zero attached hydrogens (tertiary/aromatic N) is 2. The number of aromatic nitrogens is 3. The fraction of sp³-hybridized carbons (Fsp3) is 0. The van der Waals surface area contributed by atoms with Gasteiger partial charge in [0.15, 0.2) is 0 Å². The molecule has 3 aromatic heterocycles. The van der Waals surface area contributed by atoms with Gasteiger partial charge in [-0.3, -0.25) is 0 Å². The van der Waals surface area contributed by atoms with E-state index in [9.17, 15) is 0 Å². The van der Waals surface area contributed by atoms with Gasteiger partial charge in [-0.2, -0.15) is 0 Å². The highest BCUT2D eigenvalue weighted by Crippen LogP contribution is 2.33. The molecule has 0 amide bonds. The van der Waals surface area contributed by atoms with E-state index in [2.05, 4.69) is 15.2 Å². The number of hydrogen-bond donors (Lipinski definition) is 1. The van der Waals surface area contributed by atoms with E-state index >= 15 is 0 Å². The fourth-order valence-corrected chi connectivity index (χ4v) is 2.99. The molecule has 3 aromatic rings. The average Bonchev–Trinajstić information content (AvgIpc) is 2.97. The first-order valence-corrected chi connectivity index (χ1v) is 6.49. The van der Waals surface area contributed by atoms with E-state index in [-0.39, 0.29) is 4.84 Å². The second-order valence-corrected chi connectivity index (χ2v) is 5.27. The van der Waals surface area contributed by atoms with Crippen molar-refractivity contribution in [3.8, 4) is 20.7 Å². The third-order valence-electron chi connectivity index (χ3n) is 1.89. The maximum atomic E-state index is 5.22. The number of rotatable bonds is 2. The molecule has 0 aromatic carbocycles. The topological polar surface area (TPSA) is 54.7 Å². The molecule has 0 saturated carbocycles. The quantitative estimate of drug-likeness (QED) is 0.721. The van der Waals surface area contributed by atoms with Gasteiger partial charge >= 0.3 is 0 Å². The predicted octanol–water partition coefficient (Wildman–Crippen LogP) is 3.58. The van der Waals surface area contributed by atoms with Gasteiger partial charge < -0.3 is 4.42 Å². The summed E-state index contributed by atoms with van der Waals surface area (Å²) in [4.78, 5) is 6.62. The van der Waals surface area contributed by atoms with Crippen LogP contribution >= 0.6 is 34.9 Å². The summed E-state index contributed by atoms with van der Waals surface area (Å²) >= 11 is 8.01. The third kappa shape index (κ3) is 1.73. The van der Waals surface area contributed by atoms with Crippen molar-refractivity contribution < 1.29 is 4.42 Å². The lowest BCUT2D eigenvalue weighted by Crippen LogP contribution is -1.70. The monoisotopic (exact) mass is 267 g/mol. The molecule has 3 heterocycles. The molecular weight excluding hydrogens is 262 g/mol. The van der Waals surface area contributed by atoms with Crippen molar-refractivity contribution in [1.82, 2.24) is 15.2 Å². The van der Waals surface area contributed by atoms with E-state index in [4.69, 9.17) is 16.6 Å². The van der Waals surface area contributed by atoms with Crippen molar-refractivity contribution in [1.29, 1.82) is 0 Å². The SMILES string of the molecule is S=c1[nH]nc(-c2cnc(-c3cccs3)s2)o1. The smallest absolute Gasteiger partial charge is 0.284 e. The molecule has 0 fully saturated rings. The van der Waals surface area contributed by atoms with Crippen molar-refractivity contribution in [2.45, 2.75) is 0 Å². The highest BCUT2D eigenvalue weighted by Gasteiger charge is 2.10. The highest BCUT2D eigenvalue weighted by molar-refractivity contribution is 7.71. The number of aromatic amines is 1. The Morgan fingerprint density at radius 1 is 1.38 bits per heavy atom. The largest absolute Gasteiger partial charge is 0.408 e. The van der Waals surface area contributed by atoms with Gasteiger partial charge in [0.25, 0.3) is 10.7 Å². The molecule has 0 aliphatic carbocycles. The van der Waals surface area contributed by atoms with Crippen LogP contribution in [0, 0.1) is 4.84 Å². The molecular formula is C9H5N3OS3. The van der Waals surface area contributed by atoms with Crippen LogP contribution in [0.1, 0.15) is 0 Å². The third-order valence-corrected chi connectivity index (χ3v) is 4.09. The van der Waals surface area contributed by atoms with Crippen LogP contribution in [-0.2, 0) is 0 Å². The Bertz CT molecular complexity index is 649. The van der Waals surface area contributed by atoms with Crippen molar-refractivity contribution in [2.24, 2.45) is 0 Å². The van der Waals surface area contributed by atoms with E-state index in [0.29, 0.717) is 5.89 Å². The lowest BCUT2D eigenvalue weighted by atomic mass is 10.5. The van der Waals surface area contributed by atoms with E-state index in [1.54, 1.807) is 17.5 Å². The molecule has 80 valence electrons. The van der Waals surface area contributed by atoms with Gasteiger partial charge in [-0.1, -0.05) is 6.07 Å². The van der Waals surface area contributed by atoms with Crippen LogP contribution in [0.15, 0.2) is 28.1 Å². The van der Waals surface area contributed by atoms with Crippen LogP contribution in [0.5, 0.6) is 0 Å². The molecule has 0 bridgehead atoms. The van der Waals surface area contributed by atoms with E-state index in [1.165, 1.54) is 11.3 Å². The molecule has 3 rings (SSSR count). The van der Waals surface area contributed by atoms with Gasteiger partial charge in [-0.25, -0.2) is 10.1 Å². The number of H-pyrrole nitrogens is 1. The molecule has 16 heavy (non-hydrogen) atoms. The second-order valence-electron chi connectivity index (χ2n) is 2.93. The van der Waals surface area contributed by atoms with Gasteiger partial charge in [0.05, 0.1) is 11.1 Å². The Hall–Kier alpha value is -1.31. The van der Waals surface area contributed by atoms with Crippen LogP contribution in [0.3, 0.4) is 0 Å². The summed E-state index contributed by atoms with van der Waals surface area (Å²) in [6.07, 6.45) is 1.74. The number of thiazole rings is 1. The molecule has 0 aliphatic heterocycles. The second kappa shape index (κ2) is 3.93. The number of hydrogen-bond acceptors (Lipinski definition) is 6. The summed E-state index contributed by atoms with van der Waals surface area (Å²) in [5.41, 5.74) is 0. The molecule has 0 unspecified atom stereocenters. The van der Waals surface area contributed by atoms with E-state index in [0.717, 1.165) is 14.8 Å². The highest BCUT2D eigenvalue weighted by atomic mass is 32.1. The lowest BCUT2D eigenvalue weighted by molar-refractivity contribution is 0.553. The Labute approximate surface area is 104 Å². The fourth-order valence-electron chi connectivity index (χ4n) is 1.22. The van der Waals surface area contributed by atoms with Gasteiger partial charge in [0.2, 0.25) is 0 Å². The standard InChI is InChI=1S/C9H5N3OS3/c14-9-12-11-7(13-9)6-4-10-8(16-6)5-2-1-3-15-5/h1-4H,(H,12,14). The van der Waals surface area contributed by atoms with Crippen LogP contribution in [-0.4, -0.2) is 15.2 Å². The summed E-state index contributed by atoms with van der Waals surface area (Å²) < 4.78 is 5.22. The van der Waals surface area contributed by atoms with Crippen LogP contribution in [0.4, 0.5) is 0 Å². The summed E-state index contributed by atoms with van der Waals surface area (Å²) in [5, 5.41) is 9.54.